The summed E-state index contributed by atoms with van der Waals surface area (Å²) in [6.07, 6.45) is 5.17. The van der Waals surface area contributed by atoms with Gasteiger partial charge in [0.25, 0.3) is 0 Å². The van der Waals surface area contributed by atoms with Crippen LogP contribution in [0.5, 0.6) is 5.88 Å². The first-order valence-electron chi connectivity index (χ1n) is 4.75. The van der Waals surface area contributed by atoms with Gasteiger partial charge in [0.05, 0.1) is 6.20 Å². The molecule has 0 bridgehead atoms. The Labute approximate surface area is 92.9 Å². The first-order valence-corrected chi connectivity index (χ1v) is 4.75. The van der Waals surface area contributed by atoms with Gasteiger partial charge in [-0.05, 0) is 12.1 Å². The zero-order chi connectivity index (χ0) is 11.4. The van der Waals surface area contributed by atoms with Crippen LogP contribution in [-0.2, 0) is 13.7 Å². The molecular weight excluding hydrogens is 204 g/mol. The summed E-state index contributed by atoms with van der Waals surface area (Å²) in [7, 11) is 1.84. The van der Waals surface area contributed by atoms with E-state index in [0.29, 0.717) is 18.1 Å². The number of hydrogen-bond acceptors (Lipinski definition) is 4. The molecule has 0 atom stereocenters. The van der Waals surface area contributed by atoms with E-state index < -0.39 is 0 Å². The second-order valence-corrected chi connectivity index (χ2v) is 3.28. The van der Waals surface area contributed by atoms with E-state index in [1.165, 1.54) is 0 Å². The maximum absolute atomic E-state index is 8.83. The van der Waals surface area contributed by atoms with E-state index in [1.54, 1.807) is 29.2 Å². The predicted molar refractivity (Wildman–Crippen MR) is 56.5 cm³/mol. The van der Waals surface area contributed by atoms with E-state index in [4.69, 9.17) is 10.00 Å². The van der Waals surface area contributed by atoms with Gasteiger partial charge in [-0.25, -0.2) is 4.98 Å². The van der Waals surface area contributed by atoms with Crippen LogP contribution in [0, 0.1) is 11.3 Å². The molecule has 0 saturated heterocycles. The quantitative estimate of drug-likeness (QED) is 0.771. The van der Waals surface area contributed by atoms with Crippen LogP contribution in [0.2, 0.25) is 0 Å². The number of ether oxygens (including phenoxy) is 1. The maximum atomic E-state index is 8.83. The standard InChI is InChI=1S/C11H10N4O/c1-15-7-9(6-14-15)8-16-11-10(5-12)3-2-4-13-11/h2-4,6-7H,8H2,1H3. The zero-order valence-electron chi connectivity index (χ0n) is 8.79. The van der Waals surface area contributed by atoms with Crippen molar-refractivity contribution < 1.29 is 4.74 Å². The van der Waals surface area contributed by atoms with Crippen molar-refractivity contribution in [1.82, 2.24) is 14.8 Å². The van der Waals surface area contributed by atoms with Gasteiger partial charge in [0, 0.05) is 25.0 Å². The summed E-state index contributed by atoms with van der Waals surface area (Å²) in [5, 5.41) is 12.9. The molecule has 0 unspecified atom stereocenters. The molecule has 2 heterocycles. The minimum atomic E-state index is 0.355. The summed E-state index contributed by atoms with van der Waals surface area (Å²) in [6.45, 7) is 0.361. The van der Waals surface area contributed by atoms with E-state index in [0.717, 1.165) is 5.56 Å². The molecule has 0 amide bonds. The molecule has 80 valence electrons. The SMILES string of the molecule is Cn1cc(COc2ncccc2C#N)cn1. The monoisotopic (exact) mass is 214 g/mol. The summed E-state index contributed by atoms with van der Waals surface area (Å²) in [5.41, 5.74) is 1.38. The third-order valence-corrected chi connectivity index (χ3v) is 2.03. The first kappa shape index (κ1) is 10.2. The Bertz CT molecular complexity index is 527. The first-order chi connectivity index (χ1) is 7.79. The van der Waals surface area contributed by atoms with Crippen molar-refractivity contribution in [3.63, 3.8) is 0 Å². The number of hydrogen-bond donors (Lipinski definition) is 0. The molecule has 2 aromatic heterocycles. The van der Waals surface area contributed by atoms with Crippen LogP contribution in [0.4, 0.5) is 0 Å². The van der Waals surface area contributed by atoms with Gasteiger partial charge in [-0.3, -0.25) is 4.68 Å². The van der Waals surface area contributed by atoms with Crippen molar-refractivity contribution in [1.29, 1.82) is 5.26 Å². The number of aryl methyl sites for hydroxylation is 1. The Morgan fingerprint density at radius 3 is 3.12 bits per heavy atom. The minimum absolute atomic E-state index is 0.355. The smallest absolute Gasteiger partial charge is 0.231 e. The lowest BCUT2D eigenvalue weighted by molar-refractivity contribution is 0.293. The number of pyridine rings is 1. The lowest BCUT2D eigenvalue weighted by Gasteiger charge is -2.03. The van der Waals surface area contributed by atoms with E-state index in [-0.39, 0.29) is 0 Å². The summed E-state index contributed by atoms with van der Waals surface area (Å²) < 4.78 is 7.14. The molecule has 2 aromatic rings. The van der Waals surface area contributed by atoms with Crippen LogP contribution < -0.4 is 4.74 Å². The van der Waals surface area contributed by atoms with Gasteiger partial charge in [-0.2, -0.15) is 10.4 Å². The molecule has 0 saturated carbocycles. The van der Waals surface area contributed by atoms with Crippen LogP contribution in [0.25, 0.3) is 0 Å². The van der Waals surface area contributed by atoms with Crippen molar-refractivity contribution >= 4 is 0 Å². The zero-order valence-corrected chi connectivity index (χ0v) is 8.79. The Balaban J connectivity index is 2.08. The lowest BCUT2D eigenvalue weighted by atomic mass is 10.3. The van der Waals surface area contributed by atoms with Gasteiger partial charge < -0.3 is 4.74 Å². The van der Waals surface area contributed by atoms with Gasteiger partial charge in [-0.1, -0.05) is 0 Å². The fourth-order valence-electron chi connectivity index (χ4n) is 1.29. The van der Waals surface area contributed by atoms with Crippen LogP contribution in [0.1, 0.15) is 11.1 Å². The second kappa shape index (κ2) is 4.45. The van der Waals surface area contributed by atoms with Crippen LogP contribution >= 0.6 is 0 Å². The van der Waals surface area contributed by atoms with Crippen LogP contribution in [-0.4, -0.2) is 14.8 Å². The molecule has 5 heteroatoms. The van der Waals surface area contributed by atoms with Crippen molar-refractivity contribution in [3.8, 4) is 11.9 Å². The molecule has 0 aliphatic heterocycles. The largest absolute Gasteiger partial charge is 0.472 e. The van der Waals surface area contributed by atoms with E-state index in [9.17, 15) is 0 Å². The predicted octanol–water partition coefficient (Wildman–Crippen LogP) is 1.27. The van der Waals surface area contributed by atoms with E-state index in [1.807, 2.05) is 19.3 Å². The summed E-state index contributed by atoms with van der Waals surface area (Å²) in [6, 6.07) is 5.40. The molecule has 0 spiro atoms. The van der Waals surface area contributed by atoms with E-state index in [2.05, 4.69) is 10.1 Å². The van der Waals surface area contributed by atoms with Crippen LogP contribution in [0.15, 0.2) is 30.7 Å². The molecule has 0 aliphatic rings. The number of nitrogens with zero attached hydrogens (tertiary/aromatic N) is 4. The highest BCUT2D eigenvalue weighted by molar-refractivity contribution is 5.37. The van der Waals surface area contributed by atoms with Gasteiger partial charge in [-0.15, -0.1) is 0 Å². The molecular formula is C11H10N4O. The maximum Gasteiger partial charge on any atom is 0.231 e. The number of aromatic nitrogens is 3. The van der Waals surface area contributed by atoms with Crippen molar-refractivity contribution in [2.45, 2.75) is 6.61 Å². The molecule has 0 radical (unpaired) electrons. The number of nitriles is 1. The van der Waals surface area contributed by atoms with Gasteiger partial charge in [0.2, 0.25) is 5.88 Å². The normalized spacial score (nSPS) is 9.75. The minimum Gasteiger partial charge on any atom is -0.472 e. The Morgan fingerprint density at radius 1 is 1.56 bits per heavy atom. The highest BCUT2D eigenvalue weighted by Gasteiger charge is 2.04. The van der Waals surface area contributed by atoms with Crippen LogP contribution in [0.3, 0.4) is 0 Å². The number of rotatable bonds is 3. The Morgan fingerprint density at radius 2 is 2.44 bits per heavy atom. The molecule has 0 aromatic carbocycles. The Hall–Kier alpha value is -2.35. The highest BCUT2D eigenvalue weighted by Crippen LogP contribution is 2.14. The average molecular weight is 214 g/mol. The third-order valence-electron chi connectivity index (χ3n) is 2.03. The van der Waals surface area contributed by atoms with Gasteiger partial charge in [0.15, 0.2) is 0 Å². The third kappa shape index (κ3) is 2.17. The summed E-state index contributed by atoms with van der Waals surface area (Å²) >= 11 is 0. The fourth-order valence-corrected chi connectivity index (χ4v) is 1.29. The van der Waals surface area contributed by atoms with E-state index >= 15 is 0 Å². The van der Waals surface area contributed by atoms with Gasteiger partial charge in [0.1, 0.15) is 18.2 Å². The van der Waals surface area contributed by atoms with Crippen molar-refractivity contribution in [3.05, 3.63) is 41.9 Å². The lowest BCUT2D eigenvalue weighted by Crippen LogP contribution is -1.98. The fraction of sp³-hybridized carbons (Fsp3) is 0.182. The average Bonchev–Trinajstić information content (AvgIpc) is 2.73. The van der Waals surface area contributed by atoms with Gasteiger partial charge >= 0.3 is 0 Å². The molecule has 0 N–H and O–H groups in total. The van der Waals surface area contributed by atoms with Crippen molar-refractivity contribution in [2.24, 2.45) is 7.05 Å². The summed E-state index contributed by atoms with van der Waals surface area (Å²) in [5.74, 6) is 0.355. The molecule has 16 heavy (non-hydrogen) atoms. The molecule has 0 aliphatic carbocycles. The molecule has 5 nitrogen and oxygen atoms in total. The Kier molecular flexibility index (Phi) is 2.83. The molecule has 2 rings (SSSR count). The molecule has 0 fully saturated rings. The second-order valence-electron chi connectivity index (χ2n) is 3.28. The topological polar surface area (TPSA) is 63.7 Å². The summed E-state index contributed by atoms with van der Waals surface area (Å²) in [4.78, 5) is 4.00. The van der Waals surface area contributed by atoms with Crippen molar-refractivity contribution in [2.75, 3.05) is 0 Å². The highest BCUT2D eigenvalue weighted by atomic mass is 16.5.